The molecule has 2 aliphatic carbocycles. The molecule has 15 nitrogen and oxygen atoms in total. The number of nitrogens with zero attached hydrogens (tertiary/aromatic N) is 2. The second-order valence-corrected chi connectivity index (χ2v) is 17.5. The van der Waals surface area contributed by atoms with E-state index in [0.29, 0.717) is 24.0 Å². The molecule has 1 aromatic heterocycles. The van der Waals surface area contributed by atoms with Crippen LogP contribution in [0.5, 0.6) is 11.6 Å². The maximum atomic E-state index is 14.5. The molecule has 0 radical (unpaired) electrons. The number of amides is 4. The van der Waals surface area contributed by atoms with E-state index in [4.69, 9.17) is 20.6 Å². The number of terminal acetylenes is 1. The maximum Gasteiger partial charge on any atom is 0.408 e. The van der Waals surface area contributed by atoms with E-state index in [9.17, 15) is 32.4 Å². The summed E-state index contributed by atoms with van der Waals surface area (Å²) in [6.45, 7) is 8.66. The van der Waals surface area contributed by atoms with Gasteiger partial charge in [0, 0.05) is 24.4 Å². The number of carbonyl (C=O) groups is 5. The van der Waals surface area contributed by atoms with E-state index < -0.39 is 74.3 Å². The predicted octanol–water partition coefficient (Wildman–Crippen LogP) is 3.16. The number of hydrogen-bond acceptors (Lipinski definition) is 11. The van der Waals surface area contributed by atoms with Crippen molar-refractivity contribution < 1.29 is 46.6 Å². The van der Waals surface area contributed by atoms with E-state index in [1.807, 2.05) is 13.8 Å². The van der Waals surface area contributed by atoms with Crippen molar-refractivity contribution in [3.8, 4) is 24.0 Å². The van der Waals surface area contributed by atoms with Crippen LogP contribution < -0.4 is 24.8 Å². The van der Waals surface area contributed by atoms with E-state index in [0.717, 1.165) is 5.39 Å². The lowest BCUT2D eigenvalue weighted by atomic mass is 10.0. The molecule has 5 rings (SSSR count). The average Bonchev–Trinajstić information content (AvgIpc) is 4.04. The van der Waals surface area contributed by atoms with Crippen LogP contribution in [0.15, 0.2) is 42.6 Å². The fourth-order valence-electron chi connectivity index (χ4n) is 6.35. The molecule has 2 heterocycles. The quantitative estimate of drug-likeness (QED) is 0.177. The number of nitrogens with one attached hydrogen (secondary N) is 3. The number of sulfonamides is 1. The molecule has 5 atom stereocenters. The van der Waals surface area contributed by atoms with Crippen LogP contribution in [-0.4, -0.2) is 96.1 Å². The lowest BCUT2D eigenvalue weighted by molar-refractivity contribution is -0.141. The number of alkyl carbamates (subject to hydrolysis) is 1. The van der Waals surface area contributed by atoms with Gasteiger partial charge in [-0.1, -0.05) is 19.9 Å². The monoisotopic (exact) mass is 779 g/mol. The first-order valence-corrected chi connectivity index (χ1v) is 19.8. The number of ketones is 1. The van der Waals surface area contributed by atoms with Gasteiger partial charge in [-0.3, -0.25) is 23.9 Å². The first-order chi connectivity index (χ1) is 25.9. The van der Waals surface area contributed by atoms with Gasteiger partial charge in [0.05, 0.1) is 24.8 Å². The number of fused-ring (bicyclic) bond motifs is 1. The van der Waals surface area contributed by atoms with Gasteiger partial charge in [0.2, 0.25) is 27.7 Å². The van der Waals surface area contributed by atoms with Crippen LogP contribution in [0, 0.1) is 24.2 Å². The summed E-state index contributed by atoms with van der Waals surface area (Å²) in [6.07, 6.45) is 9.19. The SMILES string of the molecule is C#CC1CC1(NC(=O)C1CC(Oc2nccc3cc(OC)ccc23)CN1C(=O)C(CCC(=O)C=CC(C)C)NC(=O)OC(C)(C)C)C(=O)NS(=O)(=O)C1CC1. The number of hydrogen-bond donors (Lipinski definition) is 3. The summed E-state index contributed by atoms with van der Waals surface area (Å²) >= 11 is 0. The molecule has 296 valence electrons. The Kier molecular flexibility index (Phi) is 12.1. The number of carbonyl (C=O) groups excluding carboxylic acids is 5. The van der Waals surface area contributed by atoms with Crippen LogP contribution in [0.1, 0.15) is 73.1 Å². The summed E-state index contributed by atoms with van der Waals surface area (Å²) in [4.78, 5) is 73.6. The molecule has 2 saturated carbocycles. The molecule has 3 N–H and O–H groups in total. The van der Waals surface area contributed by atoms with Crippen LogP contribution >= 0.6 is 0 Å². The molecule has 1 aromatic carbocycles. The zero-order valence-corrected chi connectivity index (χ0v) is 32.7. The summed E-state index contributed by atoms with van der Waals surface area (Å²) in [7, 11) is -2.42. The van der Waals surface area contributed by atoms with E-state index in [2.05, 4.69) is 26.3 Å². The van der Waals surface area contributed by atoms with Crippen LogP contribution in [0.25, 0.3) is 10.8 Å². The Morgan fingerprint density at radius 1 is 1.15 bits per heavy atom. The fourth-order valence-corrected chi connectivity index (χ4v) is 7.72. The molecule has 0 bridgehead atoms. The van der Waals surface area contributed by atoms with Gasteiger partial charge in [-0.15, -0.1) is 12.3 Å². The summed E-state index contributed by atoms with van der Waals surface area (Å²) in [5.74, 6) is -0.0826. The molecular formula is C39H49N5O10S. The maximum absolute atomic E-state index is 14.5. The number of allylic oxidation sites excluding steroid dienone is 2. The first-order valence-electron chi connectivity index (χ1n) is 18.3. The van der Waals surface area contributed by atoms with E-state index in [-0.39, 0.29) is 49.8 Å². The van der Waals surface area contributed by atoms with Crippen molar-refractivity contribution >= 4 is 50.4 Å². The molecule has 1 saturated heterocycles. The largest absolute Gasteiger partial charge is 0.497 e. The Hall–Kier alpha value is -5.17. The first kappa shape index (κ1) is 41.0. The second kappa shape index (κ2) is 16.3. The minimum absolute atomic E-state index is 0.0138. The lowest BCUT2D eigenvalue weighted by Gasteiger charge is -2.30. The highest BCUT2D eigenvalue weighted by Crippen LogP contribution is 2.44. The van der Waals surface area contributed by atoms with Crippen LogP contribution in [0.3, 0.4) is 0 Å². The Morgan fingerprint density at radius 3 is 2.49 bits per heavy atom. The highest BCUT2D eigenvalue weighted by atomic mass is 32.2. The molecule has 2 aromatic rings. The topological polar surface area (TPSA) is 199 Å². The van der Waals surface area contributed by atoms with Gasteiger partial charge in [0.1, 0.15) is 35.1 Å². The summed E-state index contributed by atoms with van der Waals surface area (Å²) in [6, 6.07) is 4.53. The lowest BCUT2D eigenvalue weighted by Crippen LogP contribution is -2.58. The van der Waals surface area contributed by atoms with Crippen molar-refractivity contribution in [3.63, 3.8) is 0 Å². The van der Waals surface area contributed by atoms with Gasteiger partial charge in [-0.05, 0) is 88.1 Å². The van der Waals surface area contributed by atoms with Crippen LogP contribution in [-0.2, 0) is 33.9 Å². The molecule has 55 heavy (non-hydrogen) atoms. The fraction of sp³-hybridized carbons (Fsp3) is 0.538. The summed E-state index contributed by atoms with van der Waals surface area (Å²) in [5, 5.41) is 5.98. The Balaban J connectivity index is 1.45. The van der Waals surface area contributed by atoms with Gasteiger partial charge in [0.15, 0.2) is 5.78 Å². The molecule has 3 aliphatic rings. The Morgan fingerprint density at radius 2 is 1.87 bits per heavy atom. The number of benzene rings is 1. The van der Waals surface area contributed by atoms with Crippen LogP contribution in [0.4, 0.5) is 4.79 Å². The molecular weight excluding hydrogens is 731 g/mol. The number of aromatic nitrogens is 1. The molecule has 4 amide bonds. The number of pyridine rings is 1. The molecule has 0 spiro atoms. The Bertz CT molecular complexity index is 2020. The number of methoxy groups -OCH3 is 1. The van der Waals surface area contributed by atoms with Gasteiger partial charge < -0.3 is 29.7 Å². The third-order valence-electron chi connectivity index (χ3n) is 9.51. The van der Waals surface area contributed by atoms with Gasteiger partial charge in [-0.2, -0.15) is 0 Å². The minimum Gasteiger partial charge on any atom is -0.497 e. The zero-order valence-electron chi connectivity index (χ0n) is 31.9. The second-order valence-electron chi connectivity index (χ2n) is 15.6. The molecule has 1 aliphatic heterocycles. The van der Waals surface area contributed by atoms with Crippen molar-refractivity contribution in [3.05, 3.63) is 42.6 Å². The summed E-state index contributed by atoms with van der Waals surface area (Å²) < 4.78 is 44.6. The van der Waals surface area contributed by atoms with Gasteiger partial charge >= 0.3 is 6.09 Å². The minimum atomic E-state index is -3.97. The number of ether oxygens (including phenoxy) is 3. The average molecular weight is 780 g/mol. The third-order valence-corrected chi connectivity index (χ3v) is 11.3. The molecule has 16 heteroatoms. The number of rotatable bonds is 15. The van der Waals surface area contributed by atoms with Gasteiger partial charge in [0.25, 0.3) is 5.91 Å². The number of likely N-dealkylation sites (tertiary alicyclic amines) is 1. The highest BCUT2D eigenvalue weighted by molar-refractivity contribution is 7.91. The van der Waals surface area contributed by atoms with Crippen molar-refractivity contribution in [2.24, 2.45) is 11.8 Å². The highest BCUT2D eigenvalue weighted by Gasteiger charge is 2.63. The normalized spacial score (nSPS) is 22.8. The van der Waals surface area contributed by atoms with Crippen LogP contribution in [0.2, 0.25) is 0 Å². The Labute approximate surface area is 321 Å². The van der Waals surface area contributed by atoms with Crippen molar-refractivity contribution in [1.82, 2.24) is 25.2 Å². The van der Waals surface area contributed by atoms with Crippen molar-refractivity contribution in [1.29, 1.82) is 0 Å². The summed E-state index contributed by atoms with van der Waals surface area (Å²) in [5.41, 5.74) is -2.63. The van der Waals surface area contributed by atoms with E-state index >= 15 is 0 Å². The standard InChI is InChI=1S/C39H49N5O10S/c1-8-25-21-39(25,36(48)43-55(50,51)29-13-14-29)42-33(46)32-20-28(53-34-30-15-12-27(52-7)19-24(30)17-18-40-34)22-44(32)35(47)31(41-37(49)54-38(4,5)6)16-11-26(45)10-9-23(2)3/h1,9-10,12,15,17-19,23,25,28-29,31-32H,11,13-14,16,20-22H2,2-7H3,(H,41,49)(H,42,46)(H,43,48). The van der Waals surface area contributed by atoms with E-state index in [1.165, 1.54) is 11.0 Å². The predicted molar refractivity (Wildman–Crippen MR) is 202 cm³/mol. The third kappa shape index (κ3) is 10.1. The van der Waals surface area contributed by atoms with Crippen molar-refractivity contribution in [2.75, 3.05) is 13.7 Å². The van der Waals surface area contributed by atoms with Gasteiger partial charge in [-0.25, -0.2) is 18.2 Å². The smallest absolute Gasteiger partial charge is 0.408 e. The molecule has 5 unspecified atom stereocenters. The molecule has 3 fully saturated rings. The zero-order chi connectivity index (χ0) is 40.3. The van der Waals surface area contributed by atoms with Crippen molar-refractivity contribution in [2.45, 2.75) is 108 Å². The van der Waals surface area contributed by atoms with E-state index in [1.54, 1.807) is 64.4 Å².